The first-order chi connectivity index (χ1) is 13.6. The predicted molar refractivity (Wildman–Crippen MR) is 105 cm³/mol. The topological polar surface area (TPSA) is 64.6 Å². The van der Waals surface area contributed by atoms with Crippen molar-refractivity contribution in [3.8, 4) is 23.3 Å². The van der Waals surface area contributed by atoms with Crippen molar-refractivity contribution < 1.29 is 26.7 Å². The maximum Gasteiger partial charge on any atom is 0.216 e. The van der Waals surface area contributed by atoms with Gasteiger partial charge in [-0.15, -0.1) is 0 Å². The Morgan fingerprint density at radius 2 is 1.90 bits per heavy atom. The second-order valence-corrected chi connectivity index (χ2v) is 9.09. The number of nitrogens with one attached hydrogen (secondary N) is 1. The lowest BCUT2D eigenvalue weighted by atomic mass is 10.0. The lowest BCUT2D eigenvalue weighted by Gasteiger charge is -2.17. The maximum atomic E-state index is 13.2. The Bertz CT molecular complexity index is 1050. The standard InChI is InChI=1S/C21H21F2NO4S/c1-21(2)13-16-6-5-7-19(20(16)28-21)27-9-4-3-8-24-29(25,26)14-15-10-17(22)12-18(23)11-15/h5-7,10-12,24H,8-9,13-14H2,1-2H3. The largest absolute Gasteiger partial charge is 0.483 e. The minimum absolute atomic E-state index is 0.0205. The summed E-state index contributed by atoms with van der Waals surface area (Å²) >= 11 is 0. The van der Waals surface area contributed by atoms with E-state index in [2.05, 4.69) is 16.6 Å². The molecule has 2 aromatic rings. The monoisotopic (exact) mass is 421 g/mol. The molecule has 0 saturated heterocycles. The summed E-state index contributed by atoms with van der Waals surface area (Å²) in [7, 11) is -3.78. The summed E-state index contributed by atoms with van der Waals surface area (Å²) in [4.78, 5) is 0. The maximum absolute atomic E-state index is 13.2. The smallest absolute Gasteiger partial charge is 0.216 e. The molecule has 0 aliphatic carbocycles. The van der Waals surface area contributed by atoms with E-state index in [9.17, 15) is 17.2 Å². The number of hydrogen-bond acceptors (Lipinski definition) is 4. The SMILES string of the molecule is CC1(C)Cc2cccc(OCC#CCNS(=O)(=O)Cc3cc(F)cc(F)c3)c2O1. The molecule has 29 heavy (non-hydrogen) atoms. The summed E-state index contributed by atoms with van der Waals surface area (Å²) < 4.78 is 64.1. The van der Waals surface area contributed by atoms with Gasteiger partial charge >= 0.3 is 0 Å². The van der Waals surface area contributed by atoms with Crippen molar-refractivity contribution in [3.05, 3.63) is 59.2 Å². The third-order valence-corrected chi connectivity index (χ3v) is 5.44. The van der Waals surface area contributed by atoms with Crippen LogP contribution in [0.2, 0.25) is 0 Å². The number of hydrogen-bond donors (Lipinski definition) is 1. The molecular weight excluding hydrogens is 400 g/mol. The molecule has 3 rings (SSSR count). The van der Waals surface area contributed by atoms with Gasteiger partial charge in [0.05, 0.1) is 12.3 Å². The van der Waals surface area contributed by atoms with Crippen LogP contribution in [0.15, 0.2) is 36.4 Å². The van der Waals surface area contributed by atoms with Crippen LogP contribution in [0, 0.1) is 23.5 Å². The summed E-state index contributed by atoms with van der Waals surface area (Å²) in [6.07, 6.45) is 0.794. The van der Waals surface area contributed by atoms with Crippen molar-refractivity contribution in [2.24, 2.45) is 0 Å². The van der Waals surface area contributed by atoms with Crippen molar-refractivity contribution >= 4 is 10.0 Å². The van der Waals surface area contributed by atoms with Crippen LogP contribution in [0.25, 0.3) is 0 Å². The highest BCUT2D eigenvalue weighted by atomic mass is 32.2. The molecule has 8 heteroatoms. The fraction of sp³-hybridized carbons (Fsp3) is 0.333. The summed E-state index contributed by atoms with van der Waals surface area (Å²) in [5.41, 5.74) is 0.810. The quantitative estimate of drug-likeness (QED) is 0.728. The first kappa shape index (κ1) is 21.1. The van der Waals surface area contributed by atoms with Gasteiger partial charge in [-0.1, -0.05) is 24.0 Å². The van der Waals surface area contributed by atoms with Gasteiger partial charge in [0.15, 0.2) is 11.5 Å². The molecule has 1 aliphatic rings. The third kappa shape index (κ3) is 5.92. The van der Waals surface area contributed by atoms with Crippen molar-refractivity contribution in [1.82, 2.24) is 4.72 Å². The fourth-order valence-electron chi connectivity index (χ4n) is 3.04. The average Bonchev–Trinajstić information content (AvgIpc) is 2.91. The Kier molecular flexibility index (Phi) is 6.10. The molecular formula is C21H21F2NO4S. The zero-order chi connectivity index (χ0) is 21.1. The minimum atomic E-state index is -3.78. The number of fused-ring (bicyclic) bond motifs is 1. The molecule has 0 radical (unpaired) electrons. The summed E-state index contributed by atoms with van der Waals surface area (Å²) in [5.74, 6) is 4.49. The van der Waals surface area contributed by atoms with Crippen LogP contribution < -0.4 is 14.2 Å². The summed E-state index contributed by atoms with van der Waals surface area (Å²) in [6.45, 7) is 3.93. The second kappa shape index (κ2) is 8.39. The highest BCUT2D eigenvalue weighted by Crippen LogP contribution is 2.41. The van der Waals surface area contributed by atoms with Crippen molar-refractivity contribution in [1.29, 1.82) is 0 Å². The van der Waals surface area contributed by atoms with E-state index in [1.54, 1.807) is 6.07 Å². The highest BCUT2D eigenvalue weighted by molar-refractivity contribution is 7.88. The van der Waals surface area contributed by atoms with Gasteiger partial charge in [-0.25, -0.2) is 21.9 Å². The van der Waals surface area contributed by atoms with E-state index in [4.69, 9.17) is 9.47 Å². The molecule has 0 saturated carbocycles. The van der Waals surface area contributed by atoms with Crippen molar-refractivity contribution in [2.75, 3.05) is 13.2 Å². The molecule has 2 aromatic carbocycles. The van der Waals surface area contributed by atoms with Gasteiger partial charge in [-0.2, -0.15) is 0 Å². The summed E-state index contributed by atoms with van der Waals surface area (Å²) in [5, 5.41) is 0. The van der Waals surface area contributed by atoms with Crippen LogP contribution in [0.5, 0.6) is 11.5 Å². The van der Waals surface area contributed by atoms with Crippen LogP contribution in [-0.2, 0) is 22.2 Å². The Morgan fingerprint density at radius 3 is 2.62 bits per heavy atom. The van der Waals surface area contributed by atoms with Crippen molar-refractivity contribution in [3.63, 3.8) is 0 Å². The molecule has 1 N–H and O–H groups in total. The van der Waals surface area contributed by atoms with Gasteiger partial charge in [0.25, 0.3) is 0 Å². The normalized spacial score (nSPS) is 14.5. The van der Waals surface area contributed by atoms with Crippen molar-refractivity contribution in [2.45, 2.75) is 31.6 Å². The predicted octanol–water partition coefficient (Wildman–Crippen LogP) is 3.18. The van der Waals surface area contributed by atoms with E-state index in [0.717, 1.165) is 24.1 Å². The van der Waals surface area contributed by atoms with Gasteiger partial charge in [-0.3, -0.25) is 0 Å². The van der Waals surface area contributed by atoms with E-state index in [-0.39, 0.29) is 24.3 Å². The van der Waals surface area contributed by atoms with Crippen LogP contribution in [-0.4, -0.2) is 27.2 Å². The first-order valence-corrected chi connectivity index (χ1v) is 10.6. The molecule has 154 valence electrons. The van der Waals surface area contributed by atoms with Gasteiger partial charge < -0.3 is 9.47 Å². The number of halogens is 2. The molecule has 0 fully saturated rings. The summed E-state index contributed by atoms with van der Waals surface area (Å²) in [6, 6.07) is 8.30. The average molecular weight is 421 g/mol. The number of benzene rings is 2. The first-order valence-electron chi connectivity index (χ1n) is 8.95. The Labute approximate surface area is 169 Å². The van der Waals surface area contributed by atoms with Crippen LogP contribution in [0.1, 0.15) is 25.0 Å². The van der Waals surface area contributed by atoms with Gasteiger partial charge in [0.1, 0.15) is 23.8 Å². The van der Waals surface area contributed by atoms with E-state index in [1.165, 1.54) is 0 Å². The molecule has 0 aromatic heterocycles. The molecule has 1 aliphatic heterocycles. The molecule has 0 unspecified atom stereocenters. The molecule has 0 amide bonds. The van der Waals surface area contributed by atoms with Gasteiger partial charge in [0, 0.05) is 18.1 Å². The van der Waals surface area contributed by atoms with E-state index >= 15 is 0 Å². The Balaban J connectivity index is 1.50. The number of rotatable bonds is 6. The number of ether oxygens (including phenoxy) is 2. The minimum Gasteiger partial charge on any atom is -0.483 e. The highest BCUT2D eigenvalue weighted by Gasteiger charge is 2.32. The van der Waals surface area contributed by atoms with Gasteiger partial charge in [-0.05, 0) is 37.6 Å². The lowest BCUT2D eigenvalue weighted by Crippen LogP contribution is -2.25. The Morgan fingerprint density at radius 1 is 1.17 bits per heavy atom. The second-order valence-electron chi connectivity index (χ2n) is 7.28. The molecule has 0 atom stereocenters. The number of para-hydroxylation sites is 1. The molecule has 1 heterocycles. The van der Waals surface area contributed by atoms with Crippen LogP contribution in [0.3, 0.4) is 0 Å². The fourth-order valence-corrected chi connectivity index (χ4v) is 4.04. The van der Waals surface area contributed by atoms with Crippen LogP contribution >= 0.6 is 0 Å². The number of sulfonamides is 1. The van der Waals surface area contributed by atoms with E-state index < -0.39 is 27.4 Å². The third-order valence-electron chi connectivity index (χ3n) is 4.14. The molecule has 0 bridgehead atoms. The van der Waals surface area contributed by atoms with E-state index in [0.29, 0.717) is 17.6 Å². The molecule has 5 nitrogen and oxygen atoms in total. The lowest BCUT2D eigenvalue weighted by molar-refractivity contribution is 0.133. The molecule has 0 spiro atoms. The zero-order valence-corrected chi connectivity index (χ0v) is 16.9. The van der Waals surface area contributed by atoms with Gasteiger partial charge in [0.2, 0.25) is 10.0 Å². The van der Waals surface area contributed by atoms with E-state index in [1.807, 2.05) is 26.0 Å². The van der Waals surface area contributed by atoms with Crippen LogP contribution in [0.4, 0.5) is 8.78 Å². The zero-order valence-electron chi connectivity index (χ0n) is 16.1. The Hall–Kier alpha value is -2.63.